The summed E-state index contributed by atoms with van der Waals surface area (Å²) in [4.78, 5) is 2.71. The third-order valence-corrected chi connectivity index (χ3v) is 5.55. The highest BCUT2D eigenvalue weighted by Gasteiger charge is 2.17. The summed E-state index contributed by atoms with van der Waals surface area (Å²) in [5.74, 6) is 0.913. The van der Waals surface area contributed by atoms with Crippen LogP contribution in [-0.2, 0) is 13.0 Å². The largest absolute Gasteiger partial charge is 0.299 e. The molecule has 0 saturated heterocycles. The van der Waals surface area contributed by atoms with Gasteiger partial charge in [-0.3, -0.25) is 4.90 Å². The maximum Gasteiger partial charge on any atom is 0.0233 e. The molecule has 3 rings (SSSR count). The zero-order valence-corrected chi connectivity index (χ0v) is 15.8. The number of benzene rings is 2. The summed E-state index contributed by atoms with van der Waals surface area (Å²) in [6.07, 6.45) is 9.63. The van der Waals surface area contributed by atoms with Gasteiger partial charge in [-0.2, -0.15) is 0 Å². The van der Waals surface area contributed by atoms with Gasteiger partial charge in [0.05, 0.1) is 0 Å². The smallest absolute Gasteiger partial charge is 0.0233 e. The lowest BCUT2D eigenvalue weighted by Gasteiger charge is -2.30. The highest BCUT2D eigenvalue weighted by molar-refractivity contribution is 5.21. The summed E-state index contributed by atoms with van der Waals surface area (Å²) in [6.45, 7) is 5.76. The van der Waals surface area contributed by atoms with Crippen molar-refractivity contribution in [1.29, 1.82) is 0 Å². The van der Waals surface area contributed by atoms with Crippen molar-refractivity contribution in [2.45, 2.75) is 58.4 Å². The van der Waals surface area contributed by atoms with Gasteiger partial charge in [0.2, 0.25) is 0 Å². The van der Waals surface area contributed by atoms with Crippen molar-refractivity contribution in [3.8, 4) is 0 Å². The Hall–Kier alpha value is -1.60. The average Bonchev–Trinajstić information content (AvgIpc) is 2.65. The average molecular weight is 336 g/mol. The highest BCUT2D eigenvalue weighted by atomic mass is 15.1. The van der Waals surface area contributed by atoms with E-state index in [2.05, 4.69) is 66.4 Å². The van der Waals surface area contributed by atoms with Crippen molar-refractivity contribution in [2.24, 2.45) is 5.92 Å². The Morgan fingerprint density at radius 1 is 0.840 bits per heavy atom. The number of hydrogen-bond donors (Lipinski definition) is 0. The van der Waals surface area contributed by atoms with E-state index in [9.17, 15) is 0 Å². The number of nitrogens with zero attached hydrogens (tertiary/aromatic N) is 1. The standard InChI is InChI=1S/C24H33N/c1-21-14-16-24(17-15-21)20-25(19-23-11-6-3-7-12-23)18-8-13-22-9-4-2-5-10-22/h2,4-5,9-10,14-17,23H,3,6-8,11-13,18-20H2,1H3. The molecule has 0 amide bonds. The van der Waals surface area contributed by atoms with E-state index in [-0.39, 0.29) is 0 Å². The first-order valence-electron chi connectivity index (χ1n) is 10.1. The first-order chi connectivity index (χ1) is 12.3. The maximum atomic E-state index is 2.71. The lowest BCUT2D eigenvalue weighted by molar-refractivity contribution is 0.192. The molecule has 0 bridgehead atoms. The summed E-state index contributed by atoms with van der Waals surface area (Å²) in [5, 5.41) is 0. The minimum atomic E-state index is 0.913. The van der Waals surface area contributed by atoms with Gasteiger partial charge in [-0.25, -0.2) is 0 Å². The number of hydrogen-bond acceptors (Lipinski definition) is 1. The van der Waals surface area contributed by atoms with E-state index in [0.717, 1.165) is 12.5 Å². The molecule has 0 spiro atoms. The van der Waals surface area contributed by atoms with Crippen molar-refractivity contribution in [2.75, 3.05) is 13.1 Å². The lowest BCUT2D eigenvalue weighted by Crippen LogP contribution is -2.31. The van der Waals surface area contributed by atoms with E-state index < -0.39 is 0 Å². The molecule has 0 aromatic heterocycles. The van der Waals surface area contributed by atoms with E-state index in [1.54, 1.807) is 0 Å². The normalized spacial score (nSPS) is 15.6. The van der Waals surface area contributed by atoms with E-state index in [0.29, 0.717) is 0 Å². The minimum absolute atomic E-state index is 0.913. The Labute approximate surface area is 154 Å². The van der Waals surface area contributed by atoms with Crippen LogP contribution in [0.2, 0.25) is 0 Å². The van der Waals surface area contributed by atoms with Crippen molar-refractivity contribution in [3.63, 3.8) is 0 Å². The minimum Gasteiger partial charge on any atom is -0.299 e. The molecule has 134 valence electrons. The van der Waals surface area contributed by atoms with Crippen LogP contribution in [0.1, 0.15) is 55.2 Å². The van der Waals surface area contributed by atoms with Gasteiger partial charge in [0, 0.05) is 13.1 Å². The van der Waals surface area contributed by atoms with E-state index in [4.69, 9.17) is 0 Å². The summed E-state index contributed by atoms with van der Waals surface area (Å²) >= 11 is 0. The van der Waals surface area contributed by atoms with E-state index in [1.165, 1.54) is 74.7 Å². The maximum absolute atomic E-state index is 2.71. The van der Waals surface area contributed by atoms with Crippen LogP contribution in [0.3, 0.4) is 0 Å². The third-order valence-electron chi connectivity index (χ3n) is 5.55. The first kappa shape index (κ1) is 18.2. The molecule has 0 unspecified atom stereocenters. The van der Waals surface area contributed by atoms with Gasteiger partial charge in [-0.1, -0.05) is 79.4 Å². The fourth-order valence-electron chi connectivity index (χ4n) is 4.07. The summed E-state index contributed by atoms with van der Waals surface area (Å²) in [5.41, 5.74) is 4.28. The summed E-state index contributed by atoms with van der Waals surface area (Å²) < 4.78 is 0. The Balaban J connectivity index is 1.55. The van der Waals surface area contributed by atoms with Crippen LogP contribution < -0.4 is 0 Å². The van der Waals surface area contributed by atoms with Crippen molar-refractivity contribution in [3.05, 3.63) is 71.3 Å². The van der Waals surface area contributed by atoms with E-state index in [1.807, 2.05) is 0 Å². The Morgan fingerprint density at radius 3 is 2.28 bits per heavy atom. The van der Waals surface area contributed by atoms with Crippen molar-refractivity contribution >= 4 is 0 Å². The fraction of sp³-hybridized carbons (Fsp3) is 0.500. The van der Waals surface area contributed by atoms with Gasteiger partial charge < -0.3 is 0 Å². The second kappa shape index (κ2) is 9.77. The molecule has 1 saturated carbocycles. The first-order valence-corrected chi connectivity index (χ1v) is 10.1. The molecule has 1 nitrogen and oxygen atoms in total. The third kappa shape index (κ3) is 6.32. The van der Waals surface area contributed by atoms with Gasteiger partial charge >= 0.3 is 0 Å². The van der Waals surface area contributed by atoms with Crippen LogP contribution in [0.5, 0.6) is 0 Å². The van der Waals surface area contributed by atoms with Crippen molar-refractivity contribution < 1.29 is 0 Å². The quantitative estimate of drug-likeness (QED) is 0.571. The monoisotopic (exact) mass is 335 g/mol. The van der Waals surface area contributed by atoms with E-state index >= 15 is 0 Å². The summed E-state index contributed by atoms with van der Waals surface area (Å²) in [7, 11) is 0. The second-order valence-electron chi connectivity index (χ2n) is 7.81. The van der Waals surface area contributed by atoms with Gasteiger partial charge in [-0.15, -0.1) is 0 Å². The zero-order valence-electron chi connectivity index (χ0n) is 15.8. The molecule has 1 fully saturated rings. The predicted molar refractivity (Wildman–Crippen MR) is 108 cm³/mol. The molecule has 0 radical (unpaired) electrons. The SMILES string of the molecule is Cc1ccc(CN(CCCc2ccccc2)CC2CCCCC2)cc1. The van der Waals surface area contributed by atoms with Gasteiger partial charge in [0.15, 0.2) is 0 Å². The Bertz CT molecular complexity index is 596. The molecule has 2 aromatic carbocycles. The van der Waals surface area contributed by atoms with Crippen LogP contribution in [-0.4, -0.2) is 18.0 Å². The molecule has 25 heavy (non-hydrogen) atoms. The molecule has 0 aliphatic heterocycles. The molecule has 2 aromatic rings. The Kier molecular flexibility index (Phi) is 7.11. The second-order valence-corrected chi connectivity index (χ2v) is 7.81. The number of rotatable bonds is 8. The van der Waals surface area contributed by atoms with Crippen LogP contribution in [0.4, 0.5) is 0 Å². The fourth-order valence-corrected chi connectivity index (χ4v) is 4.07. The highest BCUT2D eigenvalue weighted by Crippen LogP contribution is 2.25. The molecule has 1 heteroatoms. The number of aryl methyl sites for hydroxylation is 2. The van der Waals surface area contributed by atoms with Crippen LogP contribution in [0.15, 0.2) is 54.6 Å². The molecule has 1 aliphatic carbocycles. The molecule has 1 aliphatic rings. The zero-order chi connectivity index (χ0) is 17.3. The van der Waals surface area contributed by atoms with Gasteiger partial charge in [-0.05, 0) is 56.2 Å². The van der Waals surface area contributed by atoms with Gasteiger partial charge in [0.1, 0.15) is 0 Å². The topological polar surface area (TPSA) is 3.24 Å². The van der Waals surface area contributed by atoms with Crippen LogP contribution in [0.25, 0.3) is 0 Å². The van der Waals surface area contributed by atoms with Crippen LogP contribution >= 0.6 is 0 Å². The molecule has 0 heterocycles. The van der Waals surface area contributed by atoms with Gasteiger partial charge in [0.25, 0.3) is 0 Å². The molecule has 0 atom stereocenters. The van der Waals surface area contributed by atoms with Crippen LogP contribution in [0, 0.1) is 12.8 Å². The Morgan fingerprint density at radius 2 is 1.56 bits per heavy atom. The predicted octanol–water partition coefficient (Wildman–Crippen LogP) is 6.01. The molecular weight excluding hydrogens is 302 g/mol. The molecule has 0 N–H and O–H groups in total. The summed E-state index contributed by atoms with van der Waals surface area (Å²) in [6, 6.07) is 20.0. The molecular formula is C24H33N. The van der Waals surface area contributed by atoms with Crippen molar-refractivity contribution in [1.82, 2.24) is 4.90 Å². The lowest BCUT2D eigenvalue weighted by atomic mass is 9.89.